The Bertz CT molecular complexity index is 724. The summed E-state index contributed by atoms with van der Waals surface area (Å²) in [7, 11) is 0. The summed E-state index contributed by atoms with van der Waals surface area (Å²) in [4.78, 5) is 20.1. The third-order valence-electron chi connectivity index (χ3n) is 3.18. The Kier molecular flexibility index (Phi) is 4.52. The van der Waals surface area contributed by atoms with Crippen LogP contribution in [0.25, 0.3) is 11.1 Å². The highest BCUT2D eigenvalue weighted by molar-refractivity contribution is 8.48. The molecule has 2 aromatic carbocycles. The van der Waals surface area contributed by atoms with Crippen molar-refractivity contribution in [3.63, 3.8) is 0 Å². The molecular weight excluding hydrogens is 309 g/mol. The van der Waals surface area contributed by atoms with Crippen LogP contribution in [-0.2, 0) is 11.0 Å². The van der Waals surface area contributed by atoms with Crippen LogP contribution in [0.15, 0.2) is 42.5 Å². The van der Waals surface area contributed by atoms with E-state index in [1.807, 2.05) is 6.92 Å². The van der Waals surface area contributed by atoms with E-state index in [1.165, 1.54) is 12.1 Å². The fourth-order valence-electron chi connectivity index (χ4n) is 2.22. The van der Waals surface area contributed by atoms with Crippen LogP contribution in [0.5, 0.6) is 0 Å². The van der Waals surface area contributed by atoms with Crippen LogP contribution in [0.3, 0.4) is 0 Å². The normalized spacial score (nSPS) is 13.7. The van der Waals surface area contributed by atoms with E-state index in [2.05, 4.69) is 12.2 Å². The minimum atomic E-state index is -3.75. The molecule has 1 unspecified atom stereocenters. The molecule has 21 heavy (non-hydrogen) atoms. The van der Waals surface area contributed by atoms with E-state index in [0.717, 1.165) is 5.56 Å². The highest BCUT2D eigenvalue weighted by atomic mass is 32.7. The van der Waals surface area contributed by atoms with Gasteiger partial charge in [-0.2, -0.15) is 0 Å². The average molecular weight is 323 g/mol. The first-order valence-electron chi connectivity index (χ1n) is 6.27. The molecule has 0 aliphatic heterocycles. The molecule has 110 valence electrons. The predicted octanol–water partition coefficient (Wildman–Crippen LogP) is 3.56. The van der Waals surface area contributed by atoms with Gasteiger partial charge in [0, 0.05) is 12.1 Å². The van der Waals surface area contributed by atoms with Gasteiger partial charge in [-0.25, -0.2) is 0 Å². The van der Waals surface area contributed by atoms with Crippen molar-refractivity contribution in [3.05, 3.63) is 58.1 Å². The number of hydrogen-bond donors (Lipinski definition) is 2. The monoisotopic (exact) mass is 323 g/mol. The van der Waals surface area contributed by atoms with Crippen molar-refractivity contribution in [2.24, 2.45) is 0 Å². The zero-order valence-corrected chi connectivity index (χ0v) is 13.1. The van der Waals surface area contributed by atoms with Gasteiger partial charge in [0.25, 0.3) is 12.3 Å². The highest BCUT2D eigenvalue weighted by Crippen LogP contribution is 2.48. The third kappa shape index (κ3) is 3.35. The Morgan fingerprint density at radius 1 is 1.24 bits per heavy atom. The Morgan fingerprint density at radius 2 is 1.86 bits per heavy atom. The summed E-state index contributed by atoms with van der Waals surface area (Å²) >= 11 is 3.84. The molecule has 0 fully saturated rings. The molecule has 1 atom stereocenters. The average Bonchev–Trinajstić information content (AvgIpc) is 2.45. The minimum absolute atomic E-state index is 0.0231. The summed E-state index contributed by atoms with van der Waals surface area (Å²) < 4.78 is 12.1. The quantitative estimate of drug-likeness (QED) is 0.390. The number of non-ortho nitro benzene ring substituents is 1. The van der Waals surface area contributed by atoms with Crippen molar-refractivity contribution >= 4 is 29.8 Å². The van der Waals surface area contributed by atoms with Crippen molar-refractivity contribution in [1.29, 1.82) is 0 Å². The summed E-state index contributed by atoms with van der Waals surface area (Å²) in [5.74, 6) is 0. The van der Waals surface area contributed by atoms with Crippen molar-refractivity contribution < 1.29 is 14.4 Å². The van der Waals surface area contributed by atoms with Gasteiger partial charge in [0.05, 0.1) is 10.2 Å². The summed E-state index contributed by atoms with van der Waals surface area (Å²) in [6.45, 7) is -1.85. The zero-order chi connectivity index (χ0) is 15.6. The lowest BCUT2D eigenvalue weighted by Crippen LogP contribution is -2.11. The summed E-state index contributed by atoms with van der Waals surface area (Å²) in [5.41, 5.74) is 1.94. The maximum absolute atomic E-state index is 12.1. The summed E-state index contributed by atoms with van der Waals surface area (Å²) in [6, 6.07) is 11.2. The fourth-order valence-corrected chi connectivity index (χ4v) is 4.05. The standard InChI is InChI=1S/C14H14NO4PS/c1-2-10-4-3-5-13(14(10)20(18,19)21)11-6-8-12(9-7-11)15(16)17/h3-9H,2H2,1H3,(H2,18,19,21). The predicted molar refractivity (Wildman–Crippen MR) is 86.4 cm³/mol. The molecule has 1 N–H and O–H groups in total. The van der Waals surface area contributed by atoms with Crippen molar-refractivity contribution in [1.82, 2.24) is 0 Å². The molecule has 0 saturated carbocycles. The smallest absolute Gasteiger partial charge is 0.282 e. The first-order valence-corrected chi connectivity index (χ1v) is 9.08. The van der Waals surface area contributed by atoms with Crippen LogP contribution in [-0.4, -0.2) is 9.82 Å². The second kappa shape index (κ2) is 6.02. The van der Waals surface area contributed by atoms with Crippen molar-refractivity contribution in [3.8, 4) is 11.1 Å². The number of nitro benzene ring substituents is 1. The summed E-state index contributed by atoms with van der Waals surface area (Å²) in [6.07, 6.45) is 0.598. The number of thiol groups is 1. The van der Waals surface area contributed by atoms with Gasteiger partial charge in [0.1, 0.15) is 0 Å². The lowest BCUT2D eigenvalue weighted by atomic mass is 10.0. The van der Waals surface area contributed by atoms with Gasteiger partial charge >= 0.3 is 0 Å². The third-order valence-corrected chi connectivity index (χ3v) is 4.89. The molecule has 0 heterocycles. The van der Waals surface area contributed by atoms with E-state index in [0.29, 0.717) is 22.9 Å². The topological polar surface area (TPSA) is 80.4 Å². The number of nitro groups is 1. The summed E-state index contributed by atoms with van der Waals surface area (Å²) in [5, 5.41) is 11.0. The minimum Gasteiger partial charge on any atom is -0.334 e. The van der Waals surface area contributed by atoms with E-state index < -0.39 is 11.5 Å². The molecule has 0 radical (unpaired) electrons. The van der Waals surface area contributed by atoms with E-state index >= 15 is 0 Å². The van der Waals surface area contributed by atoms with Gasteiger partial charge in [0.15, 0.2) is 0 Å². The Balaban J connectivity index is 2.63. The van der Waals surface area contributed by atoms with Crippen LogP contribution >= 0.6 is 18.8 Å². The maximum Gasteiger partial charge on any atom is 0.282 e. The van der Waals surface area contributed by atoms with Crippen LogP contribution in [0.2, 0.25) is 0 Å². The van der Waals surface area contributed by atoms with Crippen LogP contribution in [0.1, 0.15) is 12.5 Å². The SMILES string of the molecule is CCc1cccc(-c2ccc([N+](=O)[O-])cc2)c1P(=O)(O)S. The highest BCUT2D eigenvalue weighted by Gasteiger charge is 2.24. The number of aryl methyl sites for hydroxylation is 1. The molecule has 2 rings (SSSR count). The lowest BCUT2D eigenvalue weighted by molar-refractivity contribution is -0.384. The van der Waals surface area contributed by atoms with Crippen LogP contribution in [0, 0.1) is 10.1 Å². The second-order valence-corrected chi connectivity index (χ2v) is 7.68. The van der Waals surface area contributed by atoms with Gasteiger partial charge in [-0.05, 0) is 35.2 Å². The molecule has 7 heteroatoms. The van der Waals surface area contributed by atoms with E-state index in [9.17, 15) is 19.6 Å². The Morgan fingerprint density at radius 3 is 2.33 bits per heavy atom. The van der Waals surface area contributed by atoms with E-state index in [-0.39, 0.29) is 5.69 Å². The van der Waals surface area contributed by atoms with Gasteiger partial charge in [0.2, 0.25) is 0 Å². The lowest BCUT2D eigenvalue weighted by Gasteiger charge is -2.15. The first-order chi connectivity index (χ1) is 9.84. The molecule has 0 spiro atoms. The molecule has 0 aromatic heterocycles. The number of benzene rings is 2. The van der Waals surface area contributed by atoms with Crippen molar-refractivity contribution in [2.45, 2.75) is 13.3 Å². The Hall–Kier alpha value is -1.62. The van der Waals surface area contributed by atoms with Gasteiger partial charge in [-0.15, -0.1) is 0 Å². The molecule has 2 aromatic rings. The number of rotatable bonds is 4. The van der Waals surface area contributed by atoms with E-state index in [4.69, 9.17) is 0 Å². The number of hydrogen-bond acceptors (Lipinski definition) is 3. The fraction of sp³-hybridized carbons (Fsp3) is 0.143. The molecule has 5 nitrogen and oxygen atoms in total. The van der Waals surface area contributed by atoms with Gasteiger partial charge < -0.3 is 4.89 Å². The largest absolute Gasteiger partial charge is 0.334 e. The molecule has 0 saturated heterocycles. The van der Waals surface area contributed by atoms with E-state index in [1.54, 1.807) is 30.3 Å². The Labute approximate surface area is 127 Å². The molecule has 0 amide bonds. The van der Waals surface area contributed by atoms with Crippen LogP contribution in [0.4, 0.5) is 5.69 Å². The van der Waals surface area contributed by atoms with Gasteiger partial charge in [-0.3, -0.25) is 14.7 Å². The maximum atomic E-state index is 12.1. The number of nitrogens with zero attached hydrogens (tertiary/aromatic N) is 1. The van der Waals surface area contributed by atoms with Gasteiger partial charge in [-0.1, -0.05) is 37.4 Å². The first kappa shape index (κ1) is 15.8. The van der Waals surface area contributed by atoms with Crippen molar-refractivity contribution in [2.75, 3.05) is 0 Å². The van der Waals surface area contributed by atoms with Crippen LogP contribution < -0.4 is 5.30 Å². The second-order valence-electron chi connectivity index (χ2n) is 4.51. The molecule has 0 aliphatic rings. The molecular formula is C14H14NO4PS. The molecule has 0 bridgehead atoms. The zero-order valence-electron chi connectivity index (χ0n) is 11.3. The molecule has 0 aliphatic carbocycles.